The van der Waals surface area contributed by atoms with Gasteiger partial charge in [-0.25, -0.2) is 9.97 Å². The lowest BCUT2D eigenvalue weighted by molar-refractivity contribution is 0.669. The predicted octanol–water partition coefficient (Wildman–Crippen LogP) is 17.4. The highest BCUT2D eigenvalue weighted by Crippen LogP contribution is 2.40. The summed E-state index contributed by atoms with van der Waals surface area (Å²) in [6.45, 7) is 0. The van der Waals surface area contributed by atoms with E-state index in [1.54, 1.807) is 0 Å². The van der Waals surface area contributed by atoms with Gasteiger partial charge >= 0.3 is 0 Å². The number of nitrogens with zero attached hydrogens (tertiary/aromatic N) is 2. The van der Waals surface area contributed by atoms with E-state index in [2.05, 4.69) is 243 Å². The summed E-state index contributed by atoms with van der Waals surface area (Å²) in [6, 6.07) is 90.2. The van der Waals surface area contributed by atoms with E-state index in [0.717, 1.165) is 100 Å². The Hall–Kier alpha value is -8.92. The topological polar surface area (TPSA) is 38.9 Å². The summed E-state index contributed by atoms with van der Waals surface area (Å²) in [4.78, 5) is 10.6. The first-order valence-electron chi connectivity index (χ1n) is 22.7. The van der Waals surface area contributed by atoms with Crippen LogP contribution in [0.4, 0.5) is 0 Å². The molecule has 0 aliphatic carbocycles. The largest absolute Gasteiger partial charge is 0.456 e. The molecule has 0 amide bonds. The van der Waals surface area contributed by atoms with Gasteiger partial charge in [0.15, 0.2) is 0 Å². The van der Waals surface area contributed by atoms with E-state index in [1.165, 1.54) is 22.3 Å². The second-order valence-corrected chi connectivity index (χ2v) is 17.0. The first-order valence-corrected chi connectivity index (χ1v) is 22.7. The Kier molecular flexibility index (Phi) is 10.2. The van der Waals surface area contributed by atoms with E-state index in [0.29, 0.717) is 0 Å². The van der Waals surface area contributed by atoms with Crippen LogP contribution in [0.2, 0.25) is 0 Å². The lowest BCUT2D eigenvalue weighted by Crippen LogP contribution is -1.94. The Labute approximate surface area is 390 Å². The van der Waals surface area contributed by atoms with Crippen molar-refractivity contribution in [2.45, 2.75) is 0 Å². The van der Waals surface area contributed by atoms with Crippen molar-refractivity contribution in [3.05, 3.63) is 255 Å². The minimum Gasteiger partial charge on any atom is -0.456 e. The number of para-hydroxylation sites is 1. The predicted molar refractivity (Wildman–Crippen MR) is 278 cm³/mol. The van der Waals surface area contributed by atoms with Crippen LogP contribution in [0.15, 0.2) is 259 Å². The average Bonchev–Trinajstić information content (AvgIpc) is 3.80. The quantitative estimate of drug-likeness (QED) is 0.145. The molecule has 67 heavy (non-hydrogen) atoms. The Balaban J connectivity index is 1.06. The maximum atomic E-state index is 6.30. The van der Waals surface area contributed by atoms with Crippen molar-refractivity contribution in [1.82, 2.24) is 9.97 Å². The zero-order valence-corrected chi connectivity index (χ0v) is 36.6. The van der Waals surface area contributed by atoms with Crippen molar-refractivity contribution in [3.8, 4) is 101 Å². The van der Waals surface area contributed by atoms with Crippen molar-refractivity contribution in [1.29, 1.82) is 0 Å². The van der Waals surface area contributed by atoms with E-state index in [9.17, 15) is 0 Å². The maximum absolute atomic E-state index is 6.30. The van der Waals surface area contributed by atoms with Gasteiger partial charge < -0.3 is 4.42 Å². The van der Waals surface area contributed by atoms with Crippen LogP contribution >= 0.6 is 0 Å². The third-order valence-corrected chi connectivity index (χ3v) is 12.7. The molecule has 0 radical (unpaired) electrons. The molecule has 0 unspecified atom stereocenters. The molecule has 0 saturated carbocycles. The summed E-state index contributed by atoms with van der Waals surface area (Å²) < 4.78 is 6.30. The van der Waals surface area contributed by atoms with Gasteiger partial charge in [-0.2, -0.15) is 0 Å². The molecule has 0 fully saturated rings. The Bertz CT molecular complexity index is 3510. The summed E-state index contributed by atoms with van der Waals surface area (Å²) in [5.41, 5.74) is 20.8. The minimum atomic E-state index is 0.871. The van der Waals surface area contributed by atoms with E-state index in [-0.39, 0.29) is 0 Å². The van der Waals surface area contributed by atoms with Crippen molar-refractivity contribution in [2.75, 3.05) is 0 Å². The number of hydrogen-bond acceptors (Lipinski definition) is 3. The number of benzene rings is 9. The smallest absolute Gasteiger partial charge is 0.135 e. The van der Waals surface area contributed by atoms with Crippen LogP contribution in [0, 0.1) is 0 Å². The van der Waals surface area contributed by atoms with Gasteiger partial charge in [-0.15, -0.1) is 0 Å². The Morgan fingerprint density at radius 2 is 0.493 bits per heavy atom. The van der Waals surface area contributed by atoms with Crippen LogP contribution in [0.5, 0.6) is 0 Å². The SMILES string of the molecule is c1ccc(-c2ccc(-c3cc(-c4cc(-c5cc(-c6ccccc6)nc(-c6ccc(-c7ccccc7)cc6)c5)cc(-c5ccc6oc7ccccc7c6c5)c4)cc(-c4ccccc4)n3)cc2)cc1. The fourth-order valence-corrected chi connectivity index (χ4v) is 9.17. The fourth-order valence-electron chi connectivity index (χ4n) is 9.17. The number of fused-ring (bicyclic) bond motifs is 3. The van der Waals surface area contributed by atoms with Gasteiger partial charge in [0, 0.05) is 33.0 Å². The summed E-state index contributed by atoms with van der Waals surface area (Å²) in [7, 11) is 0. The lowest BCUT2D eigenvalue weighted by atomic mass is 9.91. The fraction of sp³-hybridized carbons (Fsp3) is 0. The summed E-state index contributed by atoms with van der Waals surface area (Å²) in [6.07, 6.45) is 0. The van der Waals surface area contributed by atoms with Crippen molar-refractivity contribution >= 4 is 21.9 Å². The van der Waals surface area contributed by atoms with E-state index >= 15 is 0 Å². The van der Waals surface area contributed by atoms with Gasteiger partial charge in [-0.05, 0) is 116 Å². The molecule has 0 aliphatic heterocycles. The summed E-state index contributed by atoms with van der Waals surface area (Å²) in [5.74, 6) is 0. The van der Waals surface area contributed by atoms with E-state index in [4.69, 9.17) is 14.4 Å². The highest BCUT2D eigenvalue weighted by atomic mass is 16.3. The van der Waals surface area contributed by atoms with Crippen LogP contribution in [-0.4, -0.2) is 9.97 Å². The molecule has 0 saturated heterocycles. The molecule has 3 heteroatoms. The summed E-state index contributed by atoms with van der Waals surface area (Å²) >= 11 is 0. The van der Waals surface area contributed by atoms with Crippen LogP contribution in [0.1, 0.15) is 0 Å². The third kappa shape index (κ3) is 8.01. The standard InChI is InChI=1S/C64H42N2O/c1-5-15-43(16-6-1)45-25-29-49(30-26-45)61-41-55(39-59(65-61)47-19-9-3-10-20-47)53-35-52(51-33-34-64-58(38-51)57-23-13-14-24-63(57)67-64)36-54(37-53)56-40-60(48-21-11-4-12-22-48)66-62(42-56)50-31-27-46(28-32-50)44-17-7-2-8-18-44/h1-42H. The molecule has 0 aliphatic rings. The van der Waals surface area contributed by atoms with Crippen LogP contribution in [0.3, 0.4) is 0 Å². The van der Waals surface area contributed by atoms with Crippen LogP contribution < -0.4 is 0 Å². The molecule has 0 N–H and O–H groups in total. The normalized spacial score (nSPS) is 11.3. The van der Waals surface area contributed by atoms with E-state index in [1.807, 2.05) is 12.1 Å². The van der Waals surface area contributed by atoms with Crippen molar-refractivity contribution in [2.24, 2.45) is 0 Å². The zero-order chi connectivity index (χ0) is 44.5. The molecule has 0 spiro atoms. The molecular formula is C64H42N2O. The first-order chi connectivity index (χ1) is 33.1. The Morgan fingerprint density at radius 3 is 0.940 bits per heavy atom. The van der Waals surface area contributed by atoms with Gasteiger partial charge in [0.25, 0.3) is 0 Å². The number of hydrogen-bond donors (Lipinski definition) is 0. The molecule has 3 aromatic heterocycles. The van der Waals surface area contributed by atoms with Gasteiger partial charge in [-0.1, -0.05) is 194 Å². The first kappa shape index (κ1) is 39.7. The molecule has 0 bridgehead atoms. The zero-order valence-electron chi connectivity index (χ0n) is 36.6. The minimum absolute atomic E-state index is 0.871. The molecule has 3 nitrogen and oxygen atoms in total. The maximum Gasteiger partial charge on any atom is 0.135 e. The van der Waals surface area contributed by atoms with Crippen molar-refractivity contribution < 1.29 is 4.42 Å². The second-order valence-electron chi connectivity index (χ2n) is 17.0. The number of aromatic nitrogens is 2. The molecule has 3 heterocycles. The van der Waals surface area contributed by atoms with Gasteiger partial charge in [0.1, 0.15) is 11.2 Å². The highest BCUT2D eigenvalue weighted by molar-refractivity contribution is 6.06. The molecule has 12 aromatic rings. The molecular weight excluding hydrogens is 813 g/mol. The van der Waals surface area contributed by atoms with E-state index < -0.39 is 0 Å². The monoisotopic (exact) mass is 854 g/mol. The average molecular weight is 855 g/mol. The van der Waals surface area contributed by atoms with Gasteiger partial charge in [0.05, 0.1) is 22.8 Å². The molecule has 314 valence electrons. The molecule has 12 rings (SSSR count). The number of rotatable bonds is 9. The van der Waals surface area contributed by atoms with Crippen LogP contribution in [-0.2, 0) is 0 Å². The highest BCUT2D eigenvalue weighted by Gasteiger charge is 2.16. The Morgan fingerprint density at radius 1 is 0.194 bits per heavy atom. The van der Waals surface area contributed by atoms with Gasteiger partial charge in [0.2, 0.25) is 0 Å². The lowest BCUT2D eigenvalue weighted by Gasteiger charge is -2.16. The number of furan rings is 1. The molecule has 0 atom stereocenters. The summed E-state index contributed by atoms with van der Waals surface area (Å²) in [5, 5.41) is 2.19. The van der Waals surface area contributed by atoms with Crippen LogP contribution in [0.25, 0.3) is 123 Å². The van der Waals surface area contributed by atoms with Crippen molar-refractivity contribution in [3.63, 3.8) is 0 Å². The second kappa shape index (κ2) is 17.2. The molecule has 9 aromatic carbocycles. The third-order valence-electron chi connectivity index (χ3n) is 12.7. The number of pyridine rings is 2. The van der Waals surface area contributed by atoms with Gasteiger partial charge in [-0.3, -0.25) is 0 Å².